The number of rotatable bonds is 6. The van der Waals surface area contributed by atoms with E-state index in [0.29, 0.717) is 0 Å². The number of hydrogen-bond acceptors (Lipinski definition) is 4. The molecule has 1 unspecified atom stereocenters. The van der Waals surface area contributed by atoms with Gasteiger partial charge in [-0.3, -0.25) is 0 Å². The summed E-state index contributed by atoms with van der Waals surface area (Å²) < 4.78 is 0. The molecule has 0 fully saturated rings. The van der Waals surface area contributed by atoms with Crippen molar-refractivity contribution in [2.75, 3.05) is 12.3 Å². The number of nitrogens with one attached hydrogen (secondary N) is 1. The topological polar surface area (TPSA) is 37.8 Å². The van der Waals surface area contributed by atoms with Crippen LogP contribution in [0.3, 0.4) is 0 Å². The Kier molecular flexibility index (Phi) is 5.63. The number of thioether (sulfide) groups is 1. The summed E-state index contributed by atoms with van der Waals surface area (Å²) in [5.41, 5.74) is 1.10. The average molecular weight is 294 g/mol. The molecule has 0 aliphatic carbocycles. The van der Waals surface area contributed by atoms with E-state index in [1.165, 1.54) is 0 Å². The highest BCUT2D eigenvalue weighted by Gasteiger charge is 2.12. The second-order valence-corrected chi connectivity index (χ2v) is 5.49. The third kappa shape index (κ3) is 4.20. The molecular weight excluding hydrogens is 278 g/mol. The Labute approximate surface area is 122 Å². The molecule has 0 spiro atoms. The van der Waals surface area contributed by atoms with Gasteiger partial charge in [0.2, 0.25) is 0 Å². The molecule has 0 bridgehead atoms. The lowest BCUT2D eigenvalue weighted by atomic mass is 10.2. The lowest BCUT2D eigenvalue weighted by molar-refractivity contribution is 0.601. The number of nitrogens with zero attached hydrogens (tertiary/aromatic N) is 2. The van der Waals surface area contributed by atoms with E-state index >= 15 is 0 Å². The van der Waals surface area contributed by atoms with E-state index < -0.39 is 0 Å². The Morgan fingerprint density at radius 3 is 2.68 bits per heavy atom. The summed E-state index contributed by atoms with van der Waals surface area (Å²) >= 11 is 7.90. The Hall–Kier alpha value is -1.10. The molecule has 1 atom stereocenters. The molecule has 0 saturated heterocycles. The highest BCUT2D eigenvalue weighted by atomic mass is 35.5. The molecule has 0 saturated carbocycles. The van der Waals surface area contributed by atoms with Crippen molar-refractivity contribution in [3.05, 3.63) is 53.6 Å². The van der Waals surface area contributed by atoms with Crippen LogP contribution in [-0.4, -0.2) is 22.3 Å². The summed E-state index contributed by atoms with van der Waals surface area (Å²) in [5, 5.41) is 4.24. The van der Waals surface area contributed by atoms with Crippen LogP contribution in [0.25, 0.3) is 0 Å². The van der Waals surface area contributed by atoms with Gasteiger partial charge in [-0.2, -0.15) is 0 Å². The summed E-state index contributed by atoms with van der Waals surface area (Å²) in [5.74, 6) is 0.894. The third-order valence-corrected chi connectivity index (χ3v) is 4.28. The standard InChI is InChI=1S/C14H16ClN3S/c1-2-18-13(11-7-16-10-17-8-11)9-19-14-6-4-3-5-12(14)15/h3-8,10,13,18H,2,9H2,1H3. The molecule has 1 N–H and O–H groups in total. The predicted octanol–water partition coefficient (Wildman–Crippen LogP) is 3.57. The summed E-state index contributed by atoms with van der Waals surface area (Å²) in [6, 6.07) is 8.13. The fraction of sp³-hybridized carbons (Fsp3) is 0.286. The van der Waals surface area contributed by atoms with Crippen molar-refractivity contribution in [1.29, 1.82) is 0 Å². The lowest BCUT2D eigenvalue weighted by Crippen LogP contribution is -2.23. The number of hydrogen-bond donors (Lipinski definition) is 1. The first-order chi connectivity index (χ1) is 9.31. The molecule has 1 heterocycles. The van der Waals surface area contributed by atoms with Crippen molar-refractivity contribution in [1.82, 2.24) is 15.3 Å². The van der Waals surface area contributed by atoms with E-state index in [0.717, 1.165) is 27.8 Å². The molecule has 0 aliphatic heterocycles. The molecule has 1 aromatic carbocycles. The molecule has 0 aliphatic rings. The van der Waals surface area contributed by atoms with Gasteiger partial charge in [0.05, 0.1) is 5.02 Å². The first kappa shape index (κ1) is 14.3. The molecule has 2 aromatic rings. The molecule has 0 amide bonds. The predicted molar refractivity (Wildman–Crippen MR) is 80.6 cm³/mol. The van der Waals surface area contributed by atoms with E-state index in [-0.39, 0.29) is 6.04 Å². The first-order valence-electron chi connectivity index (χ1n) is 6.17. The fourth-order valence-electron chi connectivity index (χ4n) is 1.74. The summed E-state index contributed by atoms with van der Waals surface area (Å²) in [4.78, 5) is 9.25. The van der Waals surface area contributed by atoms with Crippen molar-refractivity contribution in [2.24, 2.45) is 0 Å². The van der Waals surface area contributed by atoms with Crippen LogP contribution in [0, 0.1) is 0 Å². The summed E-state index contributed by atoms with van der Waals surface area (Å²) in [7, 11) is 0. The number of aromatic nitrogens is 2. The fourth-order valence-corrected chi connectivity index (χ4v) is 3.08. The molecule has 19 heavy (non-hydrogen) atoms. The monoisotopic (exact) mass is 293 g/mol. The van der Waals surface area contributed by atoms with E-state index in [4.69, 9.17) is 11.6 Å². The third-order valence-electron chi connectivity index (χ3n) is 2.68. The quantitative estimate of drug-likeness (QED) is 0.826. The Balaban J connectivity index is 2.04. The minimum Gasteiger partial charge on any atom is -0.309 e. The molecule has 100 valence electrons. The van der Waals surface area contributed by atoms with E-state index in [1.807, 2.05) is 36.7 Å². The molecule has 5 heteroatoms. The summed E-state index contributed by atoms with van der Waals surface area (Å²) in [6.45, 7) is 3.00. The van der Waals surface area contributed by atoms with Gasteiger partial charge in [0, 0.05) is 34.6 Å². The second kappa shape index (κ2) is 7.48. The first-order valence-corrected chi connectivity index (χ1v) is 7.53. The smallest absolute Gasteiger partial charge is 0.115 e. The highest BCUT2D eigenvalue weighted by Crippen LogP contribution is 2.29. The van der Waals surface area contributed by atoms with Gasteiger partial charge in [-0.1, -0.05) is 30.7 Å². The van der Waals surface area contributed by atoms with Crippen LogP contribution >= 0.6 is 23.4 Å². The zero-order valence-electron chi connectivity index (χ0n) is 10.7. The van der Waals surface area contributed by atoms with Crippen molar-refractivity contribution >= 4 is 23.4 Å². The van der Waals surface area contributed by atoms with Crippen LogP contribution in [0.2, 0.25) is 5.02 Å². The molecule has 1 aromatic heterocycles. The van der Waals surface area contributed by atoms with Crippen LogP contribution in [0.1, 0.15) is 18.5 Å². The minimum absolute atomic E-state index is 0.229. The van der Waals surface area contributed by atoms with Crippen LogP contribution < -0.4 is 5.32 Å². The van der Waals surface area contributed by atoms with Crippen molar-refractivity contribution in [3.8, 4) is 0 Å². The second-order valence-electron chi connectivity index (χ2n) is 4.02. The van der Waals surface area contributed by atoms with Crippen molar-refractivity contribution in [3.63, 3.8) is 0 Å². The van der Waals surface area contributed by atoms with Crippen LogP contribution in [-0.2, 0) is 0 Å². The van der Waals surface area contributed by atoms with Gasteiger partial charge in [-0.05, 0) is 18.7 Å². The molecular formula is C14H16ClN3S. The maximum Gasteiger partial charge on any atom is 0.115 e. The summed E-state index contributed by atoms with van der Waals surface area (Å²) in [6.07, 6.45) is 5.26. The van der Waals surface area contributed by atoms with E-state index in [9.17, 15) is 0 Å². The van der Waals surface area contributed by atoms with Gasteiger partial charge in [-0.25, -0.2) is 9.97 Å². The minimum atomic E-state index is 0.229. The maximum atomic E-state index is 6.16. The van der Waals surface area contributed by atoms with Crippen LogP contribution in [0.15, 0.2) is 47.9 Å². The zero-order valence-corrected chi connectivity index (χ0v) is 12.3. The lowest BCUT2D eigenvalue weighted by Gasteiger charge is -2.17. The van der Waals surface area contributed by atoms with Gasteiger partial charge in [0.15, 0.2) is 0 Å². The number of halogens is 1. The van der Waals surface area contributed by atoms with Gasteiger partial charge < -0.3 is 5.32 Å². The Bertz CT molecular complexity index is 507. The SMILES string of the molecule is CCNC(CSc1ccccc1Cl)c1cncnc1. The Morgan fingerprint density at radius 1 is 1.26 bits per heavy atom. The average Bonchev–Trinajstić information content (AvgIpc) is 2.46. The van der Waals surface area contributed by atoms with Gasteiger partial charge in [-0.15, -0.1) is 11.8 Å². The number of benzene rings is 1. The normalized spacial score (nSPS) is 12.3. The van der Waals surface area contributed by atoms with Crippen LogP contribution in [0.5, 0.6) is 0 Å². The largest absolute Gasteiger partial charge is 0.309 e. The van der Waals surface area contributed by atoms with E-state index in [1.54, 1.807) is 18.1 Å². The molecule has 0 radical (unpaired) electrons. The van der Waals surface area contributed by atoms with Gasteiger partial charge >= 0.3 is 0 Å². The molecule has 2 rings (SSSR count). The maximum absolute atomic E-state index is 6.16. The highest BCUT2D eigenvalue weighted by molar-refractivity contribution is 7.99. The van der Waals surface area contributed by atoms with Gasteiger partial charge in [0.25, 0.3) is 0 Å². The Morgan fingerprint density at radius 2 is 2.00 bits per heavy atom. The molecule has 3 nitrogen and oxygen atoms in total. The van der Waals surface area contributed by atoms with Crippen molar-refractivity contribution < 1.29 is 0 Å². The van der Waals surface area contributed by atoms with E-state index in [2.05, 4.69) is 22.2 Å². The zero-order chi connectivity index (χ0) is 13.5. The van der Waals surface area contributed by atoms with Gasteiger partial charge in [0.1, 0.15) is 6.33 Å². The van der Waals surface area contributed by atoms with Crippen LogP contribution in [0.4, 0.5) is 0 Å². The van der Waals surface area contributed by atoms with Crippen molar-refractivity contribution in [2.45, 2.75) is 17.9 Å².